The van der Waals surface area contributed by atoms with Gasteiger partial charge in [-0.05, 0) is 43.5 Å². The van der Waals surface area contributed by atoms with Crippen molar-refractivity contribution in [1.29, 1.82) is 0 Å². The Hall–Kier alpha value is -1.41. The van der Waals surface area contributed by atoms with Crippen LogP contribution in [0.15, 0.2) is 24.5 Å². The standard InChI is InChI=1S/C13H13ClN2/c1-8-6-10(3)11(7-9(8)2)12-13(14)16-5-4-15-12/h4-7H,1-3H3. The van der Waals surface area contributed by atoms with E-state index in [-0.39, 0.29) is 0 Å². The van der Waals surface area contributed by atoms with Crippen LogP contribution in [0.4, 0.5) is 0 Å². The zero-order valence-electron chi connectivity index (χ0n) is 9.58. The molecule has 0 atom stereocenters. The number of nitrogens with zero attached hydrogens (tertiary/aromatic N) is 2. The zero-order valence-corrected chi connectivity index (χ0v) is 10.3. The molecule has 2 nitrogen and oxygen atoms in total. The lowest BCUT2D eigenvalue weighted by Gasteiger charge is -2.09. The van der Waals surface area contributed by atoms with Crippen LogP contribution in [0, 0.1) is 20.8 Å². The minimum Gasteiger partial charge on any atom is -0.251 e. The lowest BCUT2D eigenvalue weighted by molar-refractivity contribution is 1.19. The molecule has 1 aromatic carbocycles. The molecule has 0 unspecified atom stereocenters. The third-order valence-electron chi connectivity index (χ3n) is 2.75. The molecule has 0 aliphatic heterocycles. The monoisotopic (exact) mass is 232 g/mol. The Labute approximate surface area is 100 Å². The molecule has 0 radical (unpaired) electrons. The van der Waals surface area contributed by atoms with Crippen molar-refractivity contribution in [2.75, 3.05) is 0 Å². The van der Waals surface area contributed by atoms with Crippen molar-refractivity contribution < 1.29 is 0 Å². The lowest BCUT2D eigenvalue weighted by atomic mass is 9.99. The first-order valence-electron chi connectivity index (χ1n) is 5.14. The van der Waals surface area contributed by atoms with Gasteiger partial charge >= 0.3 is 0 Å². The Balaban J connectivity index is 2.65. The number of rotatable bonds is 1. The molecule has 0 amide bonds. The third-order valence-corrected chi connectivity index (χ3v) is 3.03. The van der Waals surface area contributed by atoms with Gasteiger partial charge in [0.1, 0.15) is 5.69 Å². The minimum absolute atomic E-state index is 0.453. The van der Waals surface area contributed by atoms with E-state index in [9.17, 15) is 0 Å². The van der Waals surface area contributed by atoms with Gasteiger partial charge in [-0.3, -0.25) is 4.98 Å². The maximum atomic E-state index is 6.05. The third kappa shape index (κ3) is 1.93. The Bertz CT molecular complexity index is 535. The summed E-state index contributed by atoms with van der Waals surface area (Å²) in [5.74, 6) is 0. The highest BCUT2D eigenvalue weighted by molar-refractivity contribution is 6.31. The summed E-state index contributed by atoms with van der Waals surface area (Å²) >= 11 is 6.05. The number of aryl methyl sites for hydroxylation is 3. The fourth-order valence-electron chi connectivity index (χ4n) is 1.72. The molecule has 1 heterocycles. The number of aromatic nitrogens is 2. The van der Waals surface area contributed by atoms with Crippen LogP contribution in [0.5, 0.6) is 0 Å². The number of hydrogen-bond donors (Lipinski definition) is 0. The lowest BCUT2D eigenvalue weighted by Crippen LogP contribution is -1.93. The van der Waals surface area contributed by atoms with E-state index in [0.29, 0.717) is 5.15 Å². The molecule has 3 heteroatoms. The Morgan fingerprint density at radius 2 is 1.50 bits per heavy atom. The average Bonchev–Trinajstić information content (AvgIpc) is 2.25. The van der Waals surface area contributed by atoms with Crippen LogP contribution in [0.25, 0.3) is 11.3 Å². The number of halogens is 1. The van der Waals surface area contributed by atoms with Gasteiger partial charge < -0.3 is 0 Å². The highest BCUT2D eigenvalue weighted by atomic mass is 35.5. The quantitative estimate of drug-likeness (QED) is 0.749. The largest absolute Gasteiger partial charge is 0.251 e. The van der Waals surface area contributed by atoms with Gasteiger partial charge in [-0.15, -0.1) is 0 Å². The summed E-state index contributed by atoms with van der Waals surface area (Å²) in [7, 11) is 0. The van der Waals surface area contributed by atoms with Crippen molar-refractivity contribution in [2.45, 2.75) is 20.8 Å². The molecule has 0 saturated heterocycles. The summed E-state index contributed by atoms with van der Waals surface area (Å²) < 4.78 is 0. The first-order valence-corrected chi connectivity index (χ1v) is 5.52. The van der Waals surface area contributed by atoms with E-state index in [4.69, 9.17) is 11.6 Å². The van der Waals surface area contributed by atoms with Crippen molar-refractivity contribution in [1.82, 2.24) is 9.97 Å². The molecule has 1 aromatic heterocycles. The molecule has 0 saturated carbocycles. The molecule has 2 aromatic rings. The van der Waals surface area contributed by atoms with Crippen LogP contribution in [0.3, 0.4) is 0 Å². The molecule has 0 bridgehead atoms. The van der Waals surface area contributed by atoms with E-state index in [2.05, 4.69) is 42.9 Å². The van der Waals surface area contributed by atoms with Crippen molar-refractivity contribution in [3.63, 3.8) is 0 Å². The van der Waals surface area contributed by atoms with Gasteiger partial charge in [0.15, 0.2) is 5.15 Å². The molecule has 16 heavy (non-hydrogen) atoms. The topological polar surface area (TPSA) is 25.8 Å². The first kappa shape index (κ1) is 11.1. The normalized spacial score (nSPS) is 10.5. The Kier molecular flexibility index (Phi) is 2.92. The van der Waals surface area contributed by atoms with E-state index < -0.39 is 0 Å². The Morgan fingerprint density at radius 1 is 0.875 bits per heavy atom. The molecule has 0 aliphatic rings. The molecule has 0 aliphatic carbocycles. The molecule has 2 rings (SSSR count). The second-order valence-corrected chi connectivity index (χ2v) is 4.31. The number of hydrogen-bond acceptors (Lipinski definition) is 2. The van der Waals surface area contributed by atoms with Crippen molar-refractivity contribution in [3.05, 3.63) is 46.4 Å². The van der Waals surface area contributed by atoms with Crippen LogP contribution in [-0.4, -0.2) is 9.97 Å². The van der Waals surface area contributed by atoms with Gasteiger partial charge in [-0.2, -0.15) is 0 Å². The summed E-state index contributed by atoms with van der Waals surface area (Å²) in [6.07, 6.45) is 3.26. The van der Waals surface area contributed by atoms with Crippen LogP contribution < -0.4 is 0 Å². The maximum Gasteiger partial charge on any atom is 0.155 e. The Morgan fingerprint density at radius 3 is 2.19 bits per heavy atom. The highest BCUT2D eigenvalue weighted by Crippen LogP contribution is 2.28. The highest BCUT2D eigenvalue weighted by Gasteiger charge is 2.09. The van der Waals surface area contributed by atoms with Crippen LogP contribution >= 0.6 is 11.6 Å². The van der Waals surface area contributed by atoms with E-state index in [1.807, 2.05) is 0 Å². The smallest absolute Gasteiger partial charge is 0.155 e. The van der Waals surface area contributed by atoms with Crippen LogP contribution in [0.2, 0.25) is 5.15 Å². The summed E-state index contributed by atoms with van der Waals surface area (Å²) in [5.41, 5.74) is 5.50. The fraction of sp³-hybridized carbons (Fsp3) is 0.231. The van der Waals surface area contributed by atoms with Crippen molar-refractivity contribution in [2.24, 2.45) is 0 Å². The predicted molar refractivity (Wildman–Crippen MR) is 66.7 cm³/mol. The summed E-state index contributed by atoms with van der Waals surface area (Å²) in [5, 5.41) is 0.453. The van der Waals surface area contributed by atoms with Gasteiger partial charge in [0.2, 0.25) is 0 Å². The van der Waals surface area contributed by atoms with Crippen molar-refractivity contribution in [3.8, 4) is 11.3 Å². The van der Waals surface area contributed by atoms with E-state index in [1.165, 1.54) is 16.7 Å². The van der Waals surface area contributed by atoms with E-state index >= 15 is 0 Å². The molecular weight excluding hydrogens is 220 g/mol. The summed E-state index contributed by atoms with van der Waals surface area (Å²) in [6, 6.07) is 4.26. The van der Waals surface area contributed by atoms with Crippen molar-refractivity contribution >= 4 is 11.6 Å². The molecular formula is C13H13ClN2. The number of benzene rings is 1. The molecule has 0 spiro atoms. The fourth-order valence-corrected chi connectivity index (χ4v) is 1.92. The second kappa shape index (κ2) is 4.22. The molecule has 82 valence electrons. The predicted octanol–water partition coefficient (Wildman–Crippen LogP) is 3.72. The van der Waals surface area contributed by atoms with Gasteiger partial charge in [0.25, 0.3) is 0 Å². The van der Waals surface area contributed by atoms with Gasteiger partial charge in [-0.25, -0.2) is 4.98 Å². The zero-order chi connectivity index (χ0) is 11.7. The van der Waals surface area contributed by atoms with Gasteiger partial charge in [0.05, 0.1) is 0 Å². The van der Waals surface area contributed by atoms with E-state index in [0.717, 1.165) is 11.3 Å². The minimum atomic E-state index is 0.453. The second-order valence-electron chi connectivity index (χ2n) is 3.95. The maximum absolute atomic E-state index is 6.05. The summed E-state index contributed by atoms with van der Waals surface area (Å²) in [6.45, 7) is 6.25. The van der Waals surface area contributed by atoms with Gasteiger partial charge in [0, 0.05) is 18.0 Å². The SMILES string of the molecule is Cc1cc(C)c(-c2nccnc2Cl)cc1C. The molecule has 0 N–H and O–H groups in total. The summed E-state index contributed by atoms with van der Waals surface area (Å²) in [4.78, 5) is 8.34. The van der Waals surface area contributed by atoms with Crippen LogP contribution in [-0.2, 0) is 0 Å². The van der Waals surface area contributed by atoms with E-state index in [1.54, 1.807) is 12.4 Å². The van der Waals surface area contributed by atoms with Gasteiger partial charge in [-0.1, -0.05) is 17.7 Å². The molecule has 0 fully saturated rings. The average molecular weight is 233 g/mol. The first-order chi connectivity index (χ1) is 7.59. The van der Waals surface area contributed by atoms with Crippen LogP contribution in [0.1, 0.15) is 16.7 Å².